The summed E-state index contributed by atoms with van der Waals surface area (Å²) in [7, 11) is 0. The Labute approximate surface area is 111 Å². The van der Waals surface area contributed by atoms with Gasteiger partial charge in [0, 0.05) is 0 Å². The first-order valence-corrected chi connectivity index (χ1v) is 6.04. The minimum atomic E-state index is -0.392. The van der Waals surface area contributed by atoms with E-state index in [0.29, 0.717) is 30.1 Å². The minimum Gasteiger partial charge on any atom is -0.467 e. The van der Waals surface area contributed by atoms with E-state index in [2.05, 4.69) is 5.32 Å². The lowest BCUT2D eigenvalue weighted by atomic mass is 10.1. The normalized spacial score (nSPS) is 10.2. The van der Waals surface area contributed by atoms with E-state index in [9.17, 15) is 4.79 Å². The van der Waals surface area contributed by atoms with E-state index in [-0.39, 0.29) is 0 Å². The average molecular weight is 260 g/mol. The monoisotopic (exact) mass is 260 g/mol. The van der Waals surface area contributed by atoms with Gasteiger partial charge in [-0.25, -0.2) is 4.79 Å². The summed E-state index contributed by atoms with van der Waals surface area (Å²) in [6.45, 7) is 2.54. The SMILES string of the molecule is CCOC(=O)c1cccc(N)c1NCc1ccco1. The first kappa shape index (κ1) is 13.0. The number of rotatable bonds is 5. The van der Waals surface area contributed by atoms with E-state index in [1.165, 1.54) is 0 Å². The van der Waals surface area contributed by atoms with Crippen molar-refractivity contribution in [3.8, 4) is 0 Å². The second-order valence-electron chi connectivity index (χ2n) is 3.92. The summed E-state index contributed by atoms with van der Waals surface area (Å²) in [5.41, 5.74) is 7.38. The Balaban J connectivity index is 2.20. The van der Waals surface area contributed by atoms with Crippen LogP contribution in [-0.4, -0.2) is 12.6 Å². The molecule has 2 aromatic rings. The van der Waals surface area contributed by atoms with Crippen molar-refractivity contribution in [3.05, 3.63) is 47.9 Å². The third-order valence-electron chi connectivity index (χ3n) is 2.61. The van der Waals surface area contributed by atoms with Crippen LogP contribution < -0.4 is 11.1 Å². The van der Waals surface area contributed by atoms with E-state index < -0.39 is 5.97 Å². The van der Waals surface area contributed by atoms with Crippen molar-refractivity contribution in [3.63, 3.8) is 0 Å². The van der Waals surface area contributed by atoms with Gasteiger partial charge in [0.25, 0.3) is 0 Å². The van der Waals surface area contributed by atoms with Crippen molar-refractivity contribution in [1.29, 1.82) is 0 Å². The smallest absolute Gasteiger partial charge is 0.340 e. The number of hydrogen-bond acceptors (Lipinski definition) is 5. The molecule has 5 heteroatoms. The lowest BCUT2D eigenvalue weighted by Gasteiger charge is -2.12. The molecular weight excluding hydrogens is 244 g/mol. The molecule has 100 valence electrons. The second-order valence-corrected chi connectivity index (χ2v) is 3.92. The lowest BCUT2D eigenvalue weighted by Crippen LogP contribution is -2.11. The van der Waals surface area contributed by atoms with Crippen LogP contribution in [0.1, 0.15) is 23.0 Å². The summed E-state index contributed by atoms with van der Waals surface area (Å²) in [5.74, 6) is 0.370. The molecular formula is C14H16N2O3. The van der Waals surface area contributed by atoms with Gasteiger partial charge in [0.2, 0.25) is 0 Å². The molecule has 0 aliphatic heterocycles. The molecule has 19 heavy (non-hydrogen) atoms. The third-order valence-corrected chi connectivity index (χ3v) is 2.61. The maximum atomic E-state index is 11.8. The molecule has 0 saturated carbocycles. The highest BCUT2D eigenvalue weighted by molar-refractivity contribution is 5.98. The number of hydrogen-bond donors (Lipinski definition) is 2. The molecule has 0 amide bonds. The number of nitrogen functional groups attached to an aromatic ring is 1. The van der Waals surface area contributed by atoms with E-state index >= 15 is 0 Å². The molecule has 1 aromatic heterocycles. The van der Waals surface area contributed by atoms with Gasteiger partial charge >= 0.3 is 5.97 Å². The maximum Gasteiger partial charge on any atom is 0.340 e. The number of carbonyl (C=O) groups is 1. The maximum absolute atomic E-state index is 11.8. The molecule has 0 saturated heterocycles. The number of esters is 1. The van der Waals surface area contributed by atoms with Gasteiger partial charge in [-0.15, -0.1) is 0 Å². The molecule has 0 aliphatic rings. The van der Waals surface area contributed by atoms with E-state index in [0.717, 1.165) is 5.76 Å². The molecule has 1 aromatic carbocycles. The fraction of sp³-hybridized carbons (Fsp3) is 0.214. The van der Waals surface area contributed by atoms with Crippen LogP contribution in [0.4, 0.5) is 11.4 Å². The van der Waals surface area contributed by atoms with Crippen LogP contribution >= 0.6 is 0 Å². The first-order valence-electron chi connectivity index (χ1n) is 6.04. The molecule has 0 fully saturated rings. The zero-order valence-corrected chi connectivity index (χ0v) is 10.7. The zero-order valence-electron chi connectivity index (χ0n) is 10.7. The molecule has 2 rings (SSSR count). The summed E-state index contributed by atoms with van der Waals surface area (Å²) < 4.78 is 10.2. The molecule has 0 atom stereocenters. The summed E-state index contributed by atoms with van der Waals surface area (Å²) in [6.07, 6.45) is 1.59. The number of benzene rings is 1. The zero-order chi connectivity index (χ0) is 13.7. The van der Waals surface area contributed by atoms with Crippen molar-refractivity contribution in [2.24, 2.45) is 0 Å². The van der Waals surface area contributed by atoms with Crippen LogP contribution in [-0.2, 0) is 11.3 Å². The Morgan fingerprint density at radius 2 is 2.21 bits per heavy atom. The number of nitrogens with one attached hydrogen (secondary N) is 1. The number of para-hydroxylation sites is 1. The van der Waals surface area contributed by atoms with Gasteiger partial charge in [-0.2, -0.15) is 0 Å². The van der Waals surface area contributed by atoms with Gasteiger partial charge in [0.15, 0.2) is 0 Å². The molecule has 0 spiro atoms. The van der Waals surface area contributed by atoms with Crippen molar-refractivity contribution in [2.45, 2.75) is 13.5 Å². The van der Waals surface area contributed by atoms with Crippen molar-refractivity contribution in [1.82, 2.24) is 0 Å². The Bertz CT molecular complexity index is 550. The summed E-state index contributed by atoms with van der Waals surface area (Å²) in [6, 6.07) is 8.78. The molecule has 0 radical (unpaired) electrons. The Hall–Kier alpha value is -2.43. The second kappa shape index (κ2) is 5.95. The van der Waals surface area contributed by atoms with E-state index in [1.54, 1.807) is 37.5 Å². The van der Waals surface area contributed by atoms with Crippen LogP contribution in [0.25, 0.3) is 0 Å². The van der Waals surface area contributed by atoms with Crippen LogP contribution in [0.3, 0.4) is 0 Å². The van der Waals surface area contributed by atoms with Gasteiger partial charge in [0.1, 0.15) is 5.76 Å². The number of anilines is 2. The van der Waals surface area contributed by atoms with Gasteiger partial charge in [-0.05, 0) is 31.2 Å². The Morgan fingerprint density at radius 3 is 2.89 bits per heavy atom. The van der Waals surface area contributed by atoms with Crippen molar-refractivity contribution >= 4 is 17.3 Å². The molecule has 0 unspecified atom stereocenters. The lowest BCUT2D eigenvalue weighted by molar-refractivity contribution is 0.0527. The van der Waals surface area contributed by atoms with Crippen LogP contribution in [0.5, 0.6) is 0 Å². The largest absolute Gasteiger partial charge is 0.467 e. The summed E-state index contributed by atoms with van der Waals surface area (Å²) in [4.78, 5) is 11.8. The quantitative estimate of drug-likeness (QED) is 0.638. The topological polar surface area (TPSA) is 77.5 Å². The van der Waals surface area contributed by atoms with Gasteiger partial charge in [-0.3, -0.25) is 0 Å². The van der Waals surface area contributed by atoms with Gasteiger partial charge in [0.05, 0.1) is 36.4 Å². The third kappa shape index (κ3) is 3.07. The fourth-order valence-corrected chi connectivity index (χ4v) is 1.74. The Morgan fingerprint density at radius 1 is 1.37 bits per heavy atom. The molecule has 0 bridgehead atoms. The van der Waals surface area contributed by atoms with Gasteiger partial charge in [-0.1, -0.05) is 6.07 Å². The standard InChI is InChI=1S/C14H16N2O3/c1-2-18-14(17)11-6-3-7-12(15)13(11)16-9-10-5-4-8-19-10/h3-8,16H,2,9,15H2,1H3. The predicted molar refractivity (Wildman–Crippen MR) is 72.8 cm³/mol. The molecule has 3 N–H and O–H groups in total. The highest BCUT2D eigenvalue weighted by Crippen LogP contribution is 2.25. The van der Waals surface area contributed by atoms with Crippen molar-refractivity contribution in [2.75, 3.05) is 17.7 Å². The summed E-state index contributed by atoms with van der Waals surface area (Å²) >= 11 is 0. The number of nitrogens with two attached hydrogens (primary N) is 1. The van der Waals surface area contributed by atoms with E-state index in [4.69, 9.17) is 14.9 Å². The highest BCUT2D eigenvalue weighted by Gasteiger charge is 2.14. The molecule has 1 heterocycles. The van der Waals surface area contributed by atoms with E-state index in [1.807, 2.05) is 6.07 Å². The number of furan rings is 1. The highest BCUT2D eigenvalue weighted by atomic mass is 16.5. The number of ether oxygens (including phenoxy) is 1. The minimum absolute atomic E-state index is 0.325. The van der Waals surface area contributed by atoms with Crippen LogP contribution in [0.2, 0.25) is 0 Å². The van der Waals surface area contributed by atoms with Gasteiger partial charge < -0.3 is 20.2 Å². The first-order chi connectivity index (χ1) is 9.22. The van der Waals surface area contributed by atoms with Crippen LogP contribution in [0.15, 0.2) is 41.0 Å². The average Bonchev–Trinajstić information content (AvgIpc) is 2.90. The molecule has 5 nitrogen and oxygen atoms in total. The molecule has 0 aliphatic carbocycles. The Kier molecular flexibility index (Phi) is 4.07. The predicted octanol–water partition coefficient (Wildman–Crippen LogP) is 2.65. The van der Waals surface area contributed by atoms with Crippen molar-refractivity contribution < 1.29 is 13.9 Å². The van der Waals surface area contributed by atoms with Crippen LogP contribution in [0, 0.1) is 0 Å². The fourth-order valence-electron chi connectivity index (χ4n) is 1.74. The summed E-state index contributed by atoms with van der Waals surface area (Å²) in [5, 5.41) is 3.10. The number of carbonyl (C=O) groups excluding carboxylic acids is 1.